The number of nitrogens with zero attached hydrogens (tertiary/aromatic N) is 6. The highest BCUT2D eigenvalue weighted by molar-refractivity contribution is 5.82. The summed E-state index contributed by atoms with van der Waals surface area (Å²) in [5.74, 6) is 0.615. The standard InChI is InChI=1S/C26H29FN6O/c1-18-16-22(32-14-12-31(13-15-32)17-26(2,3)34)30-33-24(20-8-10-28-11-9-20)23(29-25(18)33)19-4-6-21(27)7-5-19/h4-11,16,34H,12-15,17H2,1-3H3. The van der Waals surface area contributed by atoms with Crippen molar-refractivity contribution in [1.29, 1.82) is 0 Å². The van der Waals surface area contributed by atoms with Crippen molar-refractivity contribution in [3.63, 3.8) is 0 Å². The number of hydrogen-bond donors (Lipinski definition) is 1. The minimum Gasteiger partial charge on any atom is -0.389 e. The summed E-state index contributed by atoms with van der Waals surface area (Å²) in [7, 11) is 0. The number of benzene rings is 1. The number of anilines is 1. The van der Waals surface area contributed by atoms with Crippen LogP contribution < -0.4 is 4.90 Å². The summed E-state index contributed by atoms with van der Waals surface area (Å²) in [4.78, 5) is 13.7. The zero-order valence-electron chi connectivity index (χ0n) is 19.7. The predicted octanol–water partition coefficient (Wildman–Crippen LogP) is 3.80. The number of hydrogen-bond acceptors (Lipinski definition) is 6. The van der Waals surface area contributed by atoms with Crippen LogP contribution >= 0.6 is 0 Å². The number of aryl methyl sites for hydroxylation is 1. The first kappa shape index (κ1) is 22.4. The molecule has 0 aliphatic carbocycles. The number of halogens is 1. The molecule has 1 aromatic carbocycles. The van der Waals surface area contributed by atoms with E-state index in [0.29, 0.717) is 6.54 Å². The number of β-amino-alcohol motifs (C(OH)–C–C–N with tert-alkyl or cyclic N) is 1. The molecule has 8 heteroatoms. The summed E-state index contributed by atoms with van der Waals surface area (Å²) in [6, 6.07) is 12.4. The largest absolute Gasteiger partial charge is 0.389 e. The zero-order chi connectivity index (χ0) is 23.9. The number of piperazine rings is 1. The maximum absolute atomic E-state index is 13.6. The van der Waals surface area contributed by atoms with Gasteiger partial charge in [0.25, 0.3) is 0 Å². The highest BCUT2D eigenvalue weighted by atomic mass is 19.1. The molecule has 1 saturated heterocycles. The Balaban J connectivity index is 1.57. The second-order valence-electron chi connectivity index (χ2n) is 9.55. The van der Waals surface area contributed by atoms with Crippen LogP contribution in [0.4, 0.5) is 10.2 Å². The third-order valence-corrected chi connectivity index (χ3v) is 6.13. The molecule has 0 atom stereocenters. The van der Waals surface area contributed by atoms with Crippen molar-refractivity contribution in [2.45, 2.75) is 26.4 Å². The Hall–Kier alpha value is -3.36. The third kappa shape index (κ3) is 4.51. The Bertz CT molecular complexity index is 1290. The van der Waals surface area contributed by atoms with Crippen LogP contribution in [0.15, 0.2) is 54.9 Å². The first-order valence-corrected chi connectivity index (χ1v) is 11.5. The first-order chi connectivity index (χ1) is 16.3. The lowest BCUT2D eigenvalue weighted by Crippen LogP contribution is -2.50. The minimum atomic E-state index is -0.705. The molecule has 0 saturated carbocycles. The van der Waals surface area contributed by atoms with Crippen molar-refractivity contribution in [2.75, 3.05) is 37.6 Å². The summed E-state index contributed by atoms with van der Waals surface area (Å²) in [6.45, 7) is 9.78. The van der Waals surface area contributed by atoms with Crippen LogP contribution in [-0.4, -0.2) is 67.9 Å². The van der Waals surface area contributed by atoms with E-state index < -0.39 is 5.60 Å². The van der Waals surface area contributed by atoms with Gasteiger partial charge in [0.15, 0.2) is 5.65 Å². The van der Waals surface area contributed by atoms with Gasteiger partial charge in [-0.25, -0.2) is 13.9 Å². The number of pyridine rings is 1. The average molecular weight is 461 g/mol. The van der Waals surface area contributed by atoms with Gasteiger partial charge in [-0.15, -0.1) is 5.10 Å². The van der Waals surface area contributed by atoms with Gasteiger partial charge in [0.05, 0.1) is 11.3 Å². The van der Waals surface area contributed by atoms with Crippen molar-refractivity contribution in [2.24, 2.45) is 0 Å². The molecule has 5 rings (SSSR count). The Morgan fingerprint density at radius 1 is 0.971 bits per heavy atom. The number of fused-ring (bicyclic) bond motifs is 1. The van der Waals surface area contributed by atoms with E-state index in [4.69, 9.17) is 10.1 Å². The van der Waals surface area contributed by atoms with Crippen LogP contribution in [-0.2, 0) is 0 Å². The molecule has 0 unspecified atom stereocenters. The molecule has 34 heavy (non-hydrogen) atoms. The molecule has 4 heterocycles. The molecule has 0 spiro atoms. The molecular formula is C26H29FN6O. The summed E-state index contributed by atoms with van der Waals surface area (Å²) in [5.41, 5.74) is 4.48. The summed E-state index contributed by atoms with van der Waals surface area (Å²) in [6.07, 6.45) is 3.50. The third-order valence-electron chi connectivity index (χ3n) is 6.13. The van der Waals surface area contributed by atoms with Gasteiger partial charge in [0.1, 0.15) is 17.3 Å². The number of imidazole rings is 1. The smallest absolute Gasteiger partial charge is 0.158 e. The van der Waals surface area contributed by atoms with Crippen molar-refractivity contribution in [3.8, 4) is 22.5 Å². The van der Waals surface area contributed by atoms with Crippen LogP contribution in [0.25, 0.3) is 28.2 Å². The lowest BCUT2D eigenvalue weighted by Gasteiger charge is -2.37. The van der Waals surface area contributed by atoms with E-state index in [2.05, 4.69) is 20.9 Å². The van der Waals surface area contributed by atoms with Gasteiger partial charge in [0.2, 0.25) is 0 Å². The van der Waals surface area contributed by atoms with Gasteiger partial charge < -0.3 is 10.0 Å². The topological polar surface area (TPSA) is 69.8 Å². The normalized spacial score (nSPS) is 15.3. The molecule has 1 aliphatic heterocycles. The highest BCUT2D eigenvalue weighted by Gasteiger charge is 2.25. The first-order valence-electron chi connectivity index (χ1n) is 11.5. The molecule has 1 fully saturated rings. The van der Waals surface area contributed by atoms with E-state index in [1.165, 1.54) is 12.1 Å². The molecule has 0 amide bonds. The highest BCUT2D eigenvalue weighted by Crippen LogP contribution is 2.34. The van der Waals surface area contributed by atoms with E-state index in [0.717, 1.165) is 65.7 Å². The van der Waals surface area contributed by atoms with Gasteiger partial charge in [-0.05, 0) is 68.8 Å². The Labute approximate surface area is 198 Å². The van der Waals surface area contributed by atoms with Crippen molar-refractivity contribution >= 4 is 11.5 Å². The van der Waals surface area contributed by atoms with Gasteiger partial charge in [0, 0.05) is 56.2 Å². The lowest BCUT2D eigenvalue weighted by molar-refractivity contribution is 0.0344. The van der Waals surface area contributed by atoms with Gasteiger partial charge in [-0.2, -0.15) is 0 Å². The minimum absolute atomic E-state index is 0.279. The Morgan fingerprint density at radius 3 is 2.29 bits per heavy atom. The van der Waals surface area contributed by atoms with E-state index in [1.807, 2.05) is 37.4 Å². The van der Waals surface area contributed by atoms with Crippen LogP contribution in [0, 0.1) is 12.7 Å². The average Bonchev–Trinajstić information content (AvgIpc) is 3.20. The van der Waals surface area contributed by atoms with E-state index in [9.17, 15) is 9.50 Å². The fourth-order valence-corrected chi connectivity index (χ4v) is 4.57. The number of aliphatic hydroxyl groups is 1. The lowest BCUT2D eigenvalue weighted by atomic mass is 10.1. The maximum Gasteiger partial charge on any atom is 0.158 e. The van der Waals surface area contributed by atoms with Gasteiger partial charge in [-0.1, -0.05) is 0 Å². The predicted molar refractivity (Wildman–Crippen MR) is 131 cm³/mol. The number of aromatic nitrogens is 4. The van der Waals surface area contributed by atoms with Crippen LogP contribution in [0.5, 0.6) is 0 Å². The second kappa shape index (κ2) is 8.77. The van der Waals surface area contributed by atoms with Crippen LogP contribution in [0.2, 0.25) is 0 Å². The summed E-state index contributed by atoms with van der Waals surface area (Å²) >= 11 is 0. The van der Waals surface area contributed by atoms with Crippen LogP contribution in [0.1, 0.15) is 19.4 Å². The van der Waals surface area contributed by atoms with Crippen molar-refractivity contribution in [1.82, 2.24) is 24.5 Å². The van der Waals surface area contributed by atoms with Gasteiger partial charge >= 0.3 is 0 Å². The van der Waals surface area contributed by atoms with E-state index in [1.54, 1.807) is 24.5 Å². The van der Waals surface area contributed by atoms with Crippen molar-refractivity contribution < 1.29 is 9.50 Å². The molecular weight excluding hydrogens is 431 g/mol. The second-order valence-corrected chi connectivity index (χ2v) is 9.55. The molecule has 7 nitrogen and oxygen atoms in total. The zero-order valence-corrected chi connectivity index (χ0v) is 19.7. The van der Waals surface area contributed by atoms with Crippen molar-refractivity contribution in [3.05, 3.63) is 66.2 Å². The molecule has 4 aromatic rings. The molecule has 0 bridgehead atoms. The molecule has 0 radical (unpaired) electrons. The van der Waals surface area contributed by atoms with Crippen LogP contribution in [0.3, 0.4) is 0 Å². The number of rotatable bonds is 5. The summed E-state index contributed by atoms with van der Waals surface area (Å²) < 4.78 is 15.5. The quantitative estimate of drug-likeness (QED) is 0.489. The van der Waals surface area contributed by atoms with Gasteiger partial charge in [-0.3, -0.25) is 9.88 Å². The fourth-order valence-electron chi connectivity index (χ4n) is 4.57. The fraction of sp³-hybridized carbons (Fsp3) is 0.346. The monoisotopic (exact) mass is 460 g/mol. The molecule has 176 valence electrons. The Kier molecular flexibility index (Phi) is 5.79. The van der Waals surface area contributed by atoms with E-state index in [-0.39, 0.29) is 5.82 Å². The molecule has 1 N–H and O–H groups in total. The SMILES string of the molecule is Cc1cc(N2CCN(CC(C)(C)O)CC2)nn2c(-c3ccncc3)c(-c3ccc(F)cc3)nc12. The maximum atomic E-state index is 13.6. The molecule has 3 aromatic heterocycles. The molecule has 1 aliphatic rings. The van der Waals surface area contributed by atoms with E-state index >= 15 is 0 Å². The summed E-state index contributed by atoms with van der Waals surface area (Å²) in [5, 5.41) is 15.2. The Morgan fingerprint density at radius 2 is 1.65 bits per heavy atom.